The Morgan fingerprint density at radius 1 is 1.35 bits per heavy atom. The maximum Gasteiger partial charge on any atom is 0.133 e. The van der Waals surface area contributed by atoms with Crippen LogP contribution >= 0.6 is 54.5 Å². The molecule has 6 heteroatoms. The van der Waals surface area contributed by atoms with E-state index in [2.05, 4.69) is 55.2 Å². The van der Waals surface area contributed by atoms with Crippen LogP contribution in [0.25, 0.3) is 9.88 Å². The lowest BCUT2D eigenvalue weighted by Gasteiger charge is -1.97. The van der Waals surface area contributed by atoms with E-state index in [0.29, 0.717) is 0 Å². The summed E-state index contributed by atoms with van der Waals surface area (Å²) in [5.41, 5.74) is 0. The molecule has 0 aromatic carbocycles. The van der Waals surface area contributed by atoms with E-state index in [1.807, 2.05) is 6.20 Å². The molecular formula is C11H12Br2N2S2. The van der Waals surface area contributed by atoms with Gasteiger partial charge in [0, 0.05) is 22.1 Å². The number of nitrogens with one attached hydrogen (secondary N) is 1. The van der Waals surface area contributed by atoms with Crippen LogP contribution in [0.3, 0.4) is 0 Å². The van der Waals surface area contributed by atoms with Crippen molar-refractivity contribution in [3.63, 3.8) is 0 Å². The van der Waals surface area contributed by atoms with Gasteiger partial charge in [-0.15, -0.1) is 22.7 Å². The van der Waals surface area contributed by atoms with Gasteiger partial charge in [0.2, 0.25) is 0 Å². The van der Waals surface area contributed by atoms with Gasteiger partial charge in [-0.05, 0) is 50.9 Å². The van der Waals surface area contributed by atoms with Crippen LogP contribution in [0, 0.1) is 0 Å². The maximum absolute atomic E-state index is 4.47. The van der Waals surface area contributed by atoms with Gasteiger partial charge in [-0.25, -0.2) is 4.98 Å². The third kappa shape index (κ3) is 3.61. The molecule has 17 heavy (non-hydrogen) atoms. The summed E-state index contributed by atoms with van der Waals surface area (Å²) < 4.78 is 2.21. The highest BCUT2D eigenvalue weighted by Crippen LogP contribution is 2.39. The molecule has 2 rings (SSSR count). The average molecular weight is 396 g/mol. The fourth-order valence-electron chi connectivity index (χ4n) is 1.34. The number of thiophene rings is 1. The molecule has 0 aliphatic heterocycles. The number of rotatable bonds is 5. The molecule has 0 fully saturated rings. The van der Waals surface area contributed by atoms with Crippen LogP contribution in [-0.4, -0.2) is 11.5 Å². The molecule has 0 atom stereocenters. The minimum Gasteiger partial charge on any atom is -0.312 e. The van der Waals surface area contributed by atoms with Crippen LogP contribution in [-0.2, 0) is 6.54 Å². The third-order valence-electron chi connectivity index (χ3n) is 2.14. The Morgan fingerprint density at radius 2 is 2.18 bits per heavy atom. The largest absolute Gasteiger partial charge is 0.312 e. The Morgan fingerprint density at radius 3 is 2.82 bits per heavy atom. The maximum atomic E-state index is 4.47. The Balaban J connectivity index is 2.07. The van der Waals surface area contributed by atoms with Crippen molar-refractivity contribution in [3.05, 3.63) is 25.4 Å². The van der Waals surface area contributed by atoms with Crippen molar-refractivity contribution in [2.75, 3.05) is 6.54 Å². The lowest BCUT2D eigenvalue weighted by Crippen LogP contribution is -2.12. The Labute approximate surface area is 126 Å². The number of halogens is 2. The van der Waals surface area contributed by atoms with Gasteiger partial charge in [0.25, 0.3) is 0 Å². The Hall–Kier alpha value is 0.250. The van der Waals surface area contributed by atoms with Gasteiger partial charge >= 0.3 is 0 Å². The van der Waals surface area contributed by atoms with E-state index < -0.39 is 0 Å². The van der Waals surface area contributed by atoms with Gasteiger partial charge in [-0.3, -0.25) is 0 Å². The van der Waals surface area contributed by atoms with Gasteiger partial charge in [-0.1, -0.05) is 6.92 Å². The predicted molar refractivity (Wildman–Crippen MR) is 82.8 cm³/mol. The van der Waals surface area contributed by atoms with Crippen molar-refractivity contribution in [1.82, 2.24) is 10.3 Å². The van der Waals surface area contributed by atoms with Crippen LogP contribution in [0.5, 0.6) is 0 Å². The first-order chi connectivity index (χ1) is 8.20. The zero-order chi connectivity index (χ0) is 12.3. The number of aromatic nitrogens is 1. The first-order valence-corrected chi connectivity index (χ1v) is 8.53. The van der Waals surface area contributed by atoms with E-state index in [0.717, 1.165) is 32.8 Å². The molecule has 0 saturated carbocycles. The van der Waals surface area contributed by atoms with Gasteiger partial charge < -0.3 is 5.32 Å². The van der Waals surface area contributed by atoms with Crippen LogP contribution in [0.1, 0.15) is 18.2 Å². The smallest absolute Gasteiger partial charge is 0.133 e. The molecule has 0 spiro atoms. The van der Waals surface area contributed by atoms with E-state index in [1.54, 1.807) is 22.7 Å². The van der Waals surface area contributed by atoms with Crippen molar-refractivity contribution in [2.24, 2.45) is 0 Å². The van der Waals surface area contributed by atoms with Gasteiger partial charge in [0.1, 0.15) is 5.01 Å². The van der Waals surface area contributed by atoms with Crippen molar-refractivity contribution >= 4 is 54.5 Å². The van der Waals surface area contributed by atoms with Crippen molar-refractivity contribution in [3.8, 4) is 9.88 Å². The van der Waals surface area contributed by atoms with Crippen LogP contribution < -0.4 is 5.32 Å². The highest BCUT2D eigenvalue weighted by atomic mass is 79.9. The normalized spacial score (nSPS) is 11.0. The lowest BCUT2D eigenvalue weighted by atomic mass is 10.4. The van der Waals surface area contributed by atoms with Crippen LogP contribution in [0.2, 0.25) is 0 Å². The molecule has 92 valence electrons. The number of nitrogens with zero attached hydrogens (tertiary/aromatic N) is 1. The van der Waals surface area contributed by atoms with Crippen LogP contribution in [0.4, 0.5) is 0 Å². The fraction of sp³-hybridized carbons (Fsp3) is 0.364. The Kier molecular flexibility index (Phi) is 5.17. The van der Waals surface area contributed by atoms with E-state index in [4.69, 9.17) is 0 Å². The predicted octanol–water partition coefficient (Wildman–Crippen LogP) is 4.90. The summed E-state index contributed by atoms with van der Waals surface area (Å²) in [4.78, 5) is 6.96. The first-order valence-electron chi connectivity index (χ1n) is 5.31. The number of hydrogen-bond donors (Lipinski definition) is 1. The van der Waals surface area contributed by atoms with Crippen molar-refractivity contribution in [2.45, 2.75) is 19.9 Å². The minimum atomic E-state index is 0.916. The fourth-order valence-corrected chi connectivity index (χ4v) is 4.31. The van der Waals surface area contributed by atoms with Gasteiger partial charge in [-0.2, -0.15) is 0 Å². The molecule has 2 aromatic heterocycles. The molecule has 2 aromatic rings. The van der Waals surface area contributed by atoms with Gasteiger partial charge in [0.05, 0.1) is 8.66 Å². The van der Waals surface area contributed by atoms with E-state index in [9.17, 15) is 0 Å². The second kappa shape index (κ2) is 6.43. The monoisotopic (exact) mass is 394 g/mol. The zero-order valence-corrected chi connectivity index (χ0v) is 14.1. The second-order valence-corrected chi connectivity index (χ2v) is 7.88. The molecule has 2 heterocycles. The second-order valence-electron chi connectivity index (χ2n) is 3.54. The van der Waals surface area contributed by atoms with E-state index >= 15 is 0 Å². The number of thiazole rings is 1. The summed E-state index contributed by atoms with van der Waals surface area (Å²) in [5, 5.41) is 4.48. The van der Waals surface area contributed by atoms with E-state index in [1.165, 1.54) is 9.75 Å². The molecule has 2 nitrogen and oxygen atoms in total. The summed E-state index contributed by atoms with van der Waals surface area (Å²) in [6.45, 7) is 4.15. The third-order valence-corrected chi connectivity index (χ3v) is 6.56. The molecule has 0 radical (unpaired) electrons. The molecule has 0 aliphatic carbocycles. The SMILES string of the molecule is CCCNCc1cnc(-c2cc(Br)c(Br)s2)s1. The number of hydrogen-bond acceptors (Lipinski definition) is 4. The molecule has 0 amide bonds. The molecule has 0 bridgehead atoms. The standard InChI is InChI=1S/C11H12Br2N2S2/c1-2-3-14-5-7-6-15-11(16-7)9-4-8(12)10(13)17-9/h4,6,14H,2-3,5H2,1H3. The topological polar surface area (TPSA) is 24.9 Å². The Bertz CT molecular complexity index is 474. The van der Waals surface area contributed by atoms with E-state index in [-0.39, 0.29) is 0 Å². The van der Waals surface area contributed by atoms with Crippen LogP contribution in [0.15, 0.2) is 20.5 Å². The summed E-state index contributed by atoms with van der Waals surface area (Å²) in [7, 11) is 0. The molecule has 0 aliphatic rings. The minimum absolute atomic E-state index is 0.916. The van der Waals surface area contributed by atoms with Crippen molar-refractivity contribution in [1.29, 1.82) is 0 Å². The highest BCUT2D eigenvalue weighted by molar-refractivity contribution is 9.13. The quantitative estimate of drug-likeness (QED) is 0.728. The zero-order valence-electron chi connectivity index (χ0n) is 9.30. The van der Waals surface area contributed by atoms with Gasteiger partial charge in [0.15, 0.2) is 0 Å². The summed E-state index contributed by atoms with van der Waals surface area (Å²) in [5.74, 6) is 0. The molecule has 1 N–H and O–H groups in total. The van der Waals surface area contributed by atoms with Crippen molar-refractivity contribution < 1.29 is 0 Å². The summed E-state index contributed by atoms with van der Waals surface area (Å²) >= 11 is 10.5. The first kappa shape index (κ1) is 13.7. The lowest BCUT2D eigenvalue weighted by molar-refractivity contribution is 0.681. The molecule has 0 unspecified atom stereocenters. The molecular weight excluding hydrogens is 384 g/mol. The average Bonchev–Trinajstić information content (AvgIpc) is 2.88. The highest BCUT2D eigenvalue weighted by Gasteiger charge is 2.10. The summed E-state index contributed by atoms with van der Waals surface area (Å²) in [6.07, 6.45) is 3.13. The summed E-state index contributed by atoms with van der Waals surface area (Å²) in [6, 6.07) is 2.11. The molecule has 0 saturated heterocycles.